The van der Waals surface area contributed by atoms with Crippen molar-refractivity contribution in [1.82, 2.24) is 4.98 Å². The Morgan fingerprint density at radius 1 is 0.842 bits per heavy atom. The topological polar surface area (TPSA) is 125 Å². The molecule has 0 fully saturated rings. The third-order valence-electron chi connectivity index (χ3n) is 2.53. The van der Waals surface area contributed by atoms with Crippen LogP contribution in [0.15, 0.2) is 24.4 Å². The highest BCUT2D eigenvalue weighted by Crippen LogP contribution is 2.20. The second-order valence-corrected chi connectivity index (χ2v) is 3.73. The number of carbonyl (C=O) groups is 3. The lowest BCUT2D eigenvalue weighted by atomic mass is 10.0. The van der Waals surface area contributed by atoms with E-state index < -0.39 is 29.0 Å². The molecule has 0 atom stereocenters. The van der Waals surface area contributed by atoms with Crippen LogP contribution in [0.5, 0.6) is 0 Å². The Bertz CT molecular complexity index is 721. The summed E-state index contributed by atoms with van der Waals surface area (Å²) in [6, 6.07) is 3.44. The molecule has 0 amide bonds. The summed E-state index contributed by atoms with van der Waals surface area (Å²) in [5.41, 5.74) is -0.695. The van der Waals surface area contributed by atoms with E-state index in [2.05, 4.69) is 4.98 Å². The van der Waals surface area contributed by atoms with Crippen LogP contribution in [0.4, 0.5) is 0 Å². The van der Waals surface area contributed by atoms with Gasteiger partial charge in [0.25, 0.3) is 0 Å². The van der Waals surface area contributed by atoms with Gasteiger partial charge in [0.2, 0.25) is 0 Å². The van der Waals surface area contributed by atoms with Crippen LogP contribution in [0.25, 0.3) is 10.9 Å². The molecule has 0 spiro atoms. The Kier molecular flexibility index (Phi) is 2.88. The average Bonchev–Trinajstić information content (AvgIpc) is 2.36. The number of carboxylic acid groups (broad SMARTS) is 3. The lowest BCUT2D eigenvalue weighted by Crippen LogP contribution is -2.08. The third kappa shape index (κ3) is 2.21. The lowest BCUT2D eigenvalue weighted by Gasteiger charge is -2.05. The van der Waals surface area contributed by atoms with Crippen molar-refractivity contribution in [2.45, 2.75) is 0 Å². The number of pyridine rings is 1. The summed E-state index contributed by atoms with van der Waals surface area (Å²) in [5.74, 6) is -3.99. The first-order chi connectivity index (χ1) is 8.90. The Hall–Kier alpha value is -2.96. The molecule has 0 bridgehead atoms. The van der Waals surface area contributed by atoms with E-state index in [0.29, 0.717) is 0 Å². The maximum atomic E-state index is 11.0. The van der Waals surface area contributed by atoms with Crippen LogP contribution in [-0.4, -0.2) is 38.2 Å². The van der Waals surface area contributed by atoms with Crippen molar-refractivity contribution in [3.8, 4) is 0 Å². The first-order valence-corrected chi connectivity index (χ1v) is 5.04. The molecule has 2 rings (SSSR count). The van der Waals surface area contributed by atoms with E-state index in [-0.39, 0.29) is 16.5 Å². The molecule has 1 heterocycles. The molecule has 0 saturated carbocycles. The molecule has 0 aliphatic carbocycles. The summed E-state index contributed by atoms with van der Waals surface area (Å²) in [7, 11) is 0. The number of aromatic nitrogens is 1. The van der Waals surface area contributed by atoms with Crippen LogP contribution in [0, 0.1) is 0 Å². The van der Waals surface area contributed by atoms with Crippen LogP contribution in [0.3, 0.4) is 0 Å². The zero-order valence-corrected chi connectivity index (χ0v) is 9.32. The van der Waals surface area contributed by atoms with Crippen molar-refractivity contribution in [3.63, 3.8) is 0 Å². The van der Waals surface area contributed by atoms with Gasteiger partial charge in [-0.05, 0) is 18.2 Å². The van der Waals surface area contributed by atoms with E-state index in [4.69, 9.17) is 15.3 Å². The van der Waals surface area contributed by atoms with E-state index >= 15 is 0 Å². The molecule has 7 heteroatoms. The fraction of sp³-hybridized carbons (Fsp3) is 0. The van der Waals surface area contributed by atoms with Gasteiger partial charge in [-0.15, -0.1) is 0 Å². The molecule has 0 radical (unpaired) electrons. The van der Waals surface area contributed by atoms with Gasteiger partial charge in [-0.3, -0.25) is 4.98 Å². The summed E-state index contributed by atoms with van der Waals surface area (Å²) < 4.78 is 0. The van der Waals surface area contributed by atoms with Gasteiger partial charge in [-0.2, -0.15) is 0 Å². The second-order valence-electron chi connectivity index (χ2n) is 3.73. The fourth-order valence-electron chi connectivity index (χ4n) is 1.65. The third-order valence-corrected chi connectivity index (χ3v) is 2.53. The number of benzene rings is 1. The van der Waals surface area contributed by atoms with Gasteiger partial charge in [0.15, 0.2) is 0 Å². The SMILES string of the molecule is O=C(O)c1cnc2cc(C(=O)O)c(C(=O)O)cc2c1. The number of aromatic carboxylic acids is 3. The Balaban J connectivity index is 2.77. The zero-order valence-electron chi connectivity index (χ0n) is 9.32. The van der Waals surface area contributed by atoms with Crippen LogP contribution >= 0.6 is 0 Å². The van der Waals surface area contributed by atoms with Crippen LogP contribution < -0.4 is 0 Å². The minimum absolute atomic E-state index is 0.105. The molecule has 7 nitrogen and oxygen atoms in total. The Morgan fingerprint density at radius 3 is 1.95 bits per heavy atom. The number of hydrogen-bond donors (Lipinski definition) is 3. The Labute approximate surface area is 105 Å². The maximum Gasteiger partial charge on any atom is 0.337 e. The molecular weight excluding hydrogens is 254 g/mol. The first-order valence-electron chi connectivity index (χ1n) is 5.04. The smallest absolute Gasteiger partial charge is 0.337 e. The summed E-state index contributed by atoms with van der Waals surface area (Å²) in [5, 5.41) is 27.0. The summed E-state index contributed by atoms with van der Waals surface area (Å²) in [6.45, 7) is 0. The van der Waals surface area contributed by atoms with Gasteiger partial charge in [-0.25, -0.2) is 14.4 Å². The molecule has 0 saturated heterocycles. The molecular formula is C12H7NO6. The molecule has 0 unspecified atom stereocenters. The van der Waals surface area contributed by atoms with E-state index in [0.717, 1.165) is 18.3 Å². The highest BCUT2D eigenvalue weighted by Gasteiger charge is 2.18. The van der Waals surface area contributed by atoms with Crippen LogP contribution in [0.1, 0.15) is 31.1 Å². The Morgan fingerprint density at radius 2 is 1.42 bits per heavy atom. The minimum atomic E-state index is -1.40. The van der Waals surface area contributed by atoms with Crippen LogP contribution in [-0.2, 0) is 0 Å². The van der Waals surface area contributed by atoms with E-state index in [9.17, 15) is 14.4 Å². The minimum Gasteiger partial charge on any atom is -0.478 e. The van der Waals surface area contributed by atoms with Crippen LogP contribution in [0.2, 0.25) is 0 Å². The van der Waals surface area contributed by atoms with Crippen molar-refractivity contribution in [2.75, 3.05) is 0 Å². The zero-order chi connectivity index (χ0) is 14.2. The fourth-order valence-corrected chi connectivity index (χ4v) is 1.65. The summed E-state index contributed by atoms with van der Waals surface area (Å²) in [4.78, 5) is 36.5. The average molecular weight is 261 g/mol. The number of nitrogens with zero attached hydrogens (tertiary/aromatic N) is 1. The highest BCUT2D eigenvalue weighted by molar-refractivity contribution is 6.06. The van der Waals surface area contributed by atoms with Gasteiger partial charge >= 0.3 is 17.9 Å². The predicted octanol–water partition coefficient (Wildman–Crippen LogP) is 1.33. The summed E-state index contributed by atoms with van der Waals surface area (Å²) >= 11 is 0. The van der Waals surface area contributed by atoms with Crippen molar-refractivity contribution < 1.29 is 29.7 Å². The molecule has 1 aromatic heterocycles. The van der Waals surface area contributed by atoms with Crippen molar-refractivity contribution in [2.24, 2.45) is 0 Å². The second kappa shape index (κ2) is 4.37. The van der Waals surface area contributed by atoms with Gasteiger partial charge in [0, 0.05) is 11.6 Å². The number of rotatable bonds is 3. The van der Waals surface area contributed by atoms with Gasteiger partial charge in [0.1, 0.15) is 0 Å². The van der Waals surface area contributed by atoms with Crippen molar-refractivity contribution in [3.05, 3.63) is 41.1 Å². The van der Waals surface area contributed by atoms with Gasteiger partial charge in [-0.1, -0.05) is 0 Å². The van der Waals surface area contributed by atoms with E-state index in [1.165, 1.54) is 6.07 Å². The maximum absolute atomic E-state index is 11.0. The van der Waals surface area contributed by atoms with Gasteiger partial charge < -0.3 is 15.3 Å². The summed E-state index contributed by atoms with van der Waals surface area (Å²) in [6.07, 6.45) is 1.08. The molecule has 1 aromatic carbocycles. The van der Waals surface area contributed by atoms with E-state index in [1.54, 1.807) is 0 Å². The normalized spacial score (nSPS) is 10.3. The molecule has 3 N–H and O–H groups in total. The number of fused-ring (bicyclic) bond motifs is 1. The number of hydrogen-bond acceptors (Lipinski definition) is 4. The number of carboxylic acids is 3. The molecule has 19 heavy (non-hydrogen) atoms. The molecule has 0 aliphatic rings. The van der Waals surface area contributed by atoms with Gasteiger partial charge in [0.05, 0.1) is 22.2 Å². The van der Waals surface area contributed by atoms with Crippen molar-refractivity contribution >= 4 is 28.8 Å². The molecule has 0 aliphatic heterocycles. The quantitative estimate of drug-likeness (QED) is 0.760. The first kappa shape index (κ1) is 12.5. The standard InChI is InChI=1S/C12H7NO6/c14-10(15)6-1-5-2-7(11(16)17)8(12(18)19)3-9(5)13-4-6/h1-4H,(H,14,15)(H,16,17)(H,18,19). The molecule has 96 valence electrons. The highest BCUT2D eigenvalue weighted by atomic mass is 16.4. The van der Waals surface area contributed by atoms with E-state index in [1.807, 2.05) is 0 Å². The lowest BCUT2D eigenvalue weighted by molar-refractivity contribution is 0.0652. The van der Waals surface area contributed by atoms with Crippen molar-refractivity contribution in [1.29, 1.82) is 0 Å². The largest absolute Gasteiger partial charge is 0.478 e. The molecule has 2 aromatic rings. The predicted molar refractivity (Wildman–Crippen MR) is 62.6 cm³/mol. The monoisotopic (exact) mass is 261 g/mol.